The van der Waals surface area contributed by atoms with Crippen molar-refractivity contribution in [1.82, 2.24) is 10.6 Å². The molecule has 6 heteroatoms. The summed E-state index contributed by atoms with van der Waals surface area (Å²) in [5.41, 5.74) is 0. The van der Waals surface area contributed by atoms with Gasteiger partial charge in [0, 0.05) is 20.4 Å². The van der Waals surface area contributed by atoms with Crippen LogP contribution in [0.1, 0.15) is 33.1 Å². The van der Waals surface area contributed by atoms with Crippen LogP contribution in [0.5, 0.6) is 0 Å². The summed E-state index contributed by atoms with van der Waals surface area (Å²) in [6.45, 7) is 3.18. The number of amides is 2. The van der Waals surface area contributed by atoms with E-state index in [0.717, 1.165) is 0 Å². The van der Waals surface area contributed by atoms with E-state index in [9.17, 15) is 19.5 Å². The van der Waals surface area contributed by atoms with Gasteiger partial charge >= 0.3 is 0 Å². The summed E-state index contributed by atoms with van der Waals surface area (Å²) in [6.07, 6.45) is 1.57. The van der Waals surface area contributed by atoms with E-state index in [4.69, 9.17) is 0 Å². The minimum atomic E-state index is -1.28. The lowest BCUT2D eigenvalue weighted by atomic mass is 10.1. The van der Waals surface area contributed by atoms with E-state index in [-0.39, 0.29) is 5.91 Å². The molecule has 0 rings (SSSR count). The van der Waals surface area contributed by atoms with E-state index < -0.39 is 17.9 Å². The topological polar surface area (TPSA) is 98.3 Å². The zero-order valence-electron chi connectivity index (χ0n) is 9.54. The molecule has 92 valence electrons. The second-order valence-corrected chi connectivity index (χ2v) is 3.55. The Morgan fingerprint density at radius 3 is 2.19 bits per heavy atom. The van der Waals surface area contributed by atoms with Gasteiger partial charge in [0.05, 0.1) is 12.0 Å². The molecule has 0 aliphatic carbocycles. The summed E-state index contributed by atoms with van der Waals surface area (Å²) in [6, 6.07) is -0.949. The molecule has 1 atom stereocenters. The molecule has 0 spiro atoms. The summed E-state index contributed by atoms with van der Waals surface area (Å²) < 4.78 is 0. The number of nitrogens with one attached hydrogen (secondary N) is 2. The van der Waals surface area contributed by atoms with Gasteiger partial charge in [-0.1, -0.05) is 0 Å². The Balaban J connectivity index is 3.72. The highest BCUT2D eigenvalue weighted by molar-refractivity contribution is 5.80. The smallest absolute Gasteiger partial charge is 0.217 e. The van der Waals surface area contributed by atoms with Crippen molar-refractivity contribution >= 4 is 17.8 Å². The third-order valence-electron chi connectivity index (χ3n) is 1.96. The summed E-state index contributed by atoms with van der Waals surface area (Å²) >= 11 is 0. The third kappa shape index (κ3) is 7.78. The van der Waals surface area contributed by atoms with Gasteiger partial charge in [-0.3, -0.25) is 9.59 Å². The highest BCUT2D eigenvalue weighted by atomic mass is 16.4. The predicted molar refractivity (Wildman–Crippen MR) is 55.1 cm³/mol. The van der Waals surface area contributed by atoms with Crippen LogP contribution in [0, 0.1) is 0 Å². The fraction of sp³-hybridized carbons (Fsp3) is 0.700. The Bertz CT molecular complexity index is 266. The molecular weight excluding hydrogens is 212 g/mol. The van der Waals surface area contributed by atoms with Crippen LogP contribution in [-0.2, 0) is 14.4 Å². The monoisotopic (exact) mass is 229 g/mol. The SMILES string of the molecule is CC(=O)NCCCC[C@@H](NC(C)=O)C(=O)[O-]. The Kier molecular flexibility index (Phi) is 6.91. The maximum atomic E-state index is 10.7. The van der Waals surface area contributed by atoms with Crippen LogP contribution in [0.15, 0.2) is 0 Å². The summed E-state index contributed by atoms with van der Waals surface area (Å²) in [4.78, 5) is 31.8. The number of unbranched alkanes of at least 4 members (excludes halogenated alkanes) is 1. The maximum absolute atomic E-state index is 10.7. The first-order valence-electron chi connectivity index (χ1n) is 5.16. The molecule has 6 nitrogen and oxygen atoms in total. The molecule has 0 aromatic rings. The second-order valence-electron chi connectivity index (χ2n) is 3.55. The van der Waals surface area contributed by atoms with Crippen LogP contribution in [0.3, 0.4) is 0 Å². The van der Waals surface area contributed by atoms with E-state index in [2.05, 4.69) is 10.6 Å². The van der Waals surface area contributed by atoms with Crippen molar-refractivity contribution in [3.8, 4) is 0 Å². The summed E-state index contributed by atoms with van der Waals surface area (Å²) in [5, 5.41) is 15.5. The predicted octanol–water partition coefficient (Wildman–Crippen LogP) is -1.45. The van der Waals surface area contributed by atoms with Gasteiger partial charge < -0.3 is 20.5 Å². The summed E-state index contributed by atoms with van der Waals surface area (Å²) in [5.74, 6) is -1.79. The van der Waals surface area contributed by atoms with Crippen molar-refractivity contribution in [3.63, 3.8) is 0 Å². The first-order chi connectivity index (χ1) is 7.43. The van der Waals surface area contributed by atoms with Gasteiger partial charge in [0.2, 0.25) is 11.8 Å². The number of hydrogen-bond donors (Lipinski definition) is 2. The van der Waals surface area contributed by atoms with Crippen molar-refractivity contribution < 1.29 is 19.5 Å². The second kappa shape index (κ2) is 7.67. The summed E-state index contributed by atoms with van der Waals surface area (Å²) in [7, 11) is 0. The number of rotatable bonds is 7. The largest absolute Gasteiger partial charge is 0.548 e. The van der Waals surface area contributed by atoms with Crippen LogP contribution < -0.4 is 15.7 Å². The van der Waals surface area contributed by atoms with Crippen LogP contribution in [0.4, 0.5) is 0 Å². The molecule has 16 heavy (non-hydrogen) atoms. The Morgan fingerprint density at radius 2 is 1.75 bits per heavy atom. The maximum Gasteiger partial charge on any atom is 0.217 e. The first kappa shape index (κ1) is 14.4. The zero-order chi connectivity index (χ0) is 12.6. The van der Waals surface area contributed by atoms with Gasteiger partial charge in [0.25, 0.3) is 0 Å². The quantitative estimate of drug-likeness (QED) is 0.522. The van der Waals surface area contributed by atoms with E-state index >= 15 is 0 Å². The molecule has 0 bridgehead atoms. The number of aliphatic carboxylic acids is 1. The number of carbonyl (C=O) groups excluding carboxylic acids is 3. The van der Waals surface area contributed by atoms with Gasteiger partial charge in [-0.2, -0.15) is 0 Å². The molecule has 0 aromatic heterocycles. The van der Waals surface area contributed by atoms with Gasteiger partial charge in [-0.15, -0.1) is 0 Å². The normalized spacial score (nSPS) is 11.6. The molecule has 0 fully saturated rings. The Labute approximate surface area is 94.4 Å². The molecule has 0 unspecified atom stereocenters. The molecule has 0 saturated carbocycles. The highest BCUT2D eigenvalue weighted by Gasteiger charge is 2.10. The highest BCUT2D eigenvalue weighted by Crippen LogP contribution is 2.00. The van der Waals surface area contributed by atoms with Crippen molar-refractivity contribution in [2.75, 3.05) is 6.54 Å². The molecular formula is C10H17N2O4-. The standard InChI is InChI=1S/C10H18N2O4/c1-7(13)11-6-4-3-5-9(10(15)16)12-8(2)14/h9H,3-6H2,1-2H3,(H,11,13)(H,12,14)(H,15,16)/p-1/t9-/m1/s1. The molecule has 0 aliphatic rings. The Morgan fingerprint density at radius 1 is 1.12 bits per heavy atom. The van der Waals surface area contributed by atoms with Gasteiger partial charge in [0.15, 0.2) is 0 Å². The lowest BCUT2D eigenvalue weighted by molar-refractivity contribution is -0.308. The van der Waals surface area contributed by atoms with E-state index in [0.29, 0.717) is 25.8 Å². The van der Waals surface area contributed by atoms with Gasteiger partial charge in [-0.05, 0) is 19.3 Å². The van der Waals surface area contributed by atoms with Crippen molar-refractivity contribution in [1.29, 1.82) is 0 Å². The van der Waals surface area contributed by atoms with Crippen LogP contribution in [0.25, 0.3) is 0 Å². The molecule has 0 aromatic carbocycles. The van der Waals surface area contributed by atoms with Crippen molar-refractivity contribution in [2.45, 2.75) is 39.2 Å². The minimum Gasteiger partial charge on any atom is -0.548 e. The third-order valence-corrected chi connectivity index (χ3v) is 1.96. The minimum absolute atomic E-state index is 0.113. The fourth-order valence-electron chi connectivity index (χ4n) is 1.23. The van der Waals surface area contributed by atoms with E-state index in [1.807, 2.05) is 0 Å². The molecule has 0 radical (unpaired) electrons. The van der Waals surface area contributed by atoms with Crippen LogP contribution in [0.2, 0.25) is 0 Å². The molecule has 0 heterocycles. The Hall–Kier alpha value is -1.59. The average molecular weight is 229 g/mol. The average Bonchev–Trinajstić information content (AvgIpc) is 2.14. The molecule has 0 aliphatic heterocycles. The van der Waals surface area contributed by atoms with Gasteiger partial charge in [0.1, 0.15) is 0 Å². The van der Waals surface area contributed by atoms with Crippen molar-refractivity contribution in [2.24, 2.45) is 0 Å². The number of carboxylic acids is 1. The molecule has 0 saturated heterocycles. The molecule has 2 amide bonds. The first-order valence-corrected chi connectivity index (χ1v) is 5.16. The number of carbonyl (C=O) groups is 3. The van der Waals surface area contributed by atoms with E-state index in [1.54, 1.807) is 0 Å². The zero-order valence-corrected chi connectivity index (χ0v) is 9.54. The lowest BCUT2D eigenvalue weighted by Gasteiger charge is -2.18. The lowest BCUT2D eigenvalue weighted by Crippen LogP contribution is -2.47. The van der Waals surface area contributed by atoms with Gasteiger partial charge in [-0.25, -0.2) is 0 Å². The van der Waals surface area contributed by atoms with E-state index in [1.165, 1.54) is 13.8 Å². The van der Waals surface area contributed by atoms with Crippen molar-refractivity contribution in [3.05, 3.63) is 0 Å². The fourth-order valence-corrected chi connectivity index (χ4v) is 1.23. The molecule has 2 N–H and O–H groups in total. The van der Waals surface area contributed by atoms with Crippen LogP contribution >= 0.6 is 0 Å². The number of hydrogen-bond acceptors (Lipinski definition) is 4. The van der Waals surface area contributed by atoms with Crippen LogP contribution in [-0.4, -0.2) is 30.4 Å². The number of carboxylic acid groups (broad SMARTS) is 1.